The number of methoxy groups -OCH3 is 1. The van der Waals surface area contributed by atoms with E-state index in [1.807, 2.05) is 72.9 Å². The van der Waals surface area contributed by atoms with Gasteiger partial charge in [-0.3, -0.25) is 9.36 Å². The molecule has 0 radical (unpaired) electrons. The second-order valence-electron chi connectivity index (χ2n) is 8.10. The van der Waals surface area contributed by atoms with Gasteiger partial charge in [-0.25, -0.2) is 4.98 Å². The normalized spacial score (nSPS) is 11.1. The minimum absolute atomic E-state index is 0.0922. The fourth-order valence-corrected chi connectivity index (χ4v) is 5.15. The van der Waals surface area contributed by atoms with Gasteiger partial charge in [0.05, 0.1) is 13.7 Å². The van der Waals surface area contributed by atoms with E-state index in [2.05, 4.69) is 24.0 Å². The lowest BCUT2D eigenvalue weighted by atomic mass is 10.1. The molecule has 0 atom stereocenters. The number of aryl methyl sites for hydroxylation is 1. The molecule has 0 aliphatic heterocycles. The lowest BCUT2D eigenvalue weighted by molar-refractivity contribution is 0.407. The van der Waals surface area contributed by atoms with Crippen LogP contribution in [-0.2, 0) is 12.3 Å². The van der Waals surface area contributed by atoms with Crippen LogP contribution in [0.15, 0.2) is 95.0 Å². The summed E-state index contributed by atoms with van der Waals surface area (Å²) in [6, 6.07) is 26.1. The molecule has 0 unspecified atom stereocenters. The average molecular weight is 468 g/mol. The maximum Gasteiger partial charge on any atom is 0.278 e. The molecule has 2 heterocycles. The van der Waals surface area contributed by atoms with Crippen molar-refractivity contribution in [3.05, 3.63) is 112 Å². The Balaban J connectivity index is 1.64. The third-order valence-electron chi connectivity index (χ3n) is 5.97. The molecule has 0 saturated carbocycles. The Hall–Kier alpha value is -3.77. The van der Waals surface area contributed by atoms with Crippen molar-refractivity contribution in [2.75, 3.05) is 7.11 Å². The zero-order valence-corrected chi connectivity index (χ0v) is 19.9. The smallest absolute Gasteiger partial charge is 0.278 e. The highest BCUT2D eigenvalue weighted by Crippen LogP contribution is 2.30. The van der Waals surface area contributed by atoms with E-state index in [1.165, 1.54) is 11.1 Å². The van der Waals surface area contributed by atoms with Gasteiger partial charge in [0.15, 0.2) is 5.16 Å². The van der Waals surface area contributed by atoms with Gasteiger partial charge < -0.3 is 9.72 Å². The third kappa shape index (κ3) is 4.24. The van der Waals surface area contributed by atoms with Crippen LogP contribution in [0.5, 0.6) is 5.75 Å². The van der Waals surface area contributed by atoms with E-state index >= 15 is 0 Å². The summed E-state index contributed by atoms with van der Waals surface area (Å²) < 4.78 is 7.29. The summed E-state index contributed by atoms with van der Waals surface area (Å²) in [4.78, 5) is 21.9. The van der Waals surface area contributed by atoms with E-state index in [9.17, 15) is 4.79 Å². The molecule has 5 rings (SSSR count). The van der Waals surface area contributed by atoms with Gasteiger partial charge in [0.25, 0.3) is 5.56 Å². The molecular weight excluding hydrogens is 442 g/mol. The number of aromatic nitrogens is 3. The Morgan fingerprint density at radius 3 is 2.41 bits per heavy atom. The predicted molar refractivity (Wildman–Crippen MR) is 139 cm³/mol. The van der Waals surface area contributed by atoms with E-state index in [1.54, 1.807) is 23.4 Å². The first-order valence-electron chi connectivity index (χ1n) is 11.1. The number of hydrogen-bond donors (Lipinski definition) is 1. The number of H-pyrrole nitrogens is 1. The molecule has 0 amide bonds. The molecule has 34 heavy (non-hydrogen) atoms. The predicted octanol–water partition coefficient (Wildman–Crippen LogP) is 6.05. The van der Waals surface area contributed by atoms with E-state index in [0.717, 1.165) is 28.2 Å². The Morgan fingerprint density at radius 2 is 1.65 bits per heavy atom. The molecular formula is C28H25N3O2S. The largest absolute Gasteiger partial charge is 0.496 e. The van der Waals surface area contributed by atoms with Crippen molar-refractivity contribution in [3.8, 4) is 16.9 Å². The van der Waals surface area contributed by atoms with Crippen LogP contribution in [0, 0.1) is 6.92 Å². The molecule has 6 heteroatoms. The van der Waals surface area contributed by atoms with Crippen LogP contribution in [0.4, 0.5) is 0 Å². The van der Waals surface area contributed by atoms with Crippen LogP contribution in [0.2, 0.25) is 0 Å². The lowest BCUT2D eigenvalue weighted by Crippen LogP contribution is -2.24. The number of aromatic amines is 1. The molecule has 5 aromatic rings. The number of hydrogen-bond acceptors (Lipinski definition) is 4. The summed E-state index contributed by atoms with van der Waals surface area (Å²) in [6.07, 6.45) is 1.87. The number of nitrogens with one attached hydrogen (secondary N) is 1. The van der Waals surface area contributed by atoms with Crippen LogP contribution in [0.25, 0.3) is 22.2 Å². The standard InChI is InChI=1S/C28H25N3O2S/c1-19-10-6-7-14-22(19)18-34-28-30-25-23(20-11-4-3-5-12-20)16-29-26(25)27(32)31(28)17-21-13-8-9-15-24(21)33-2/h3-16,29H,17-18H2,1-2H3. The fourth-order valence-electron chi connectivity index (χ4n) is 4.08. The Bertz CT molecular complexity index is 1510. The zero-order valence-electron chi connectivity index (χ0n) is 19.1. The molecule has 1 N–H and O–H groups in total. The number of ether oxygens (including phenoxy) is 1. The Kier molecular flexibility index (Phi) is 6.23. The van der Waals surface area contributed by atoms with E-state index in [0.29, 0.717) is 22.7 Å². The zero-order chi connectivity index (χ0) is 23.5. The van der Waals surface area contributed by atoms with Gasteiger partial charge in [0.2, 0.25) is 0 Å². The average Bonchev–Trinajstić information content (AvgIpc) is 3.30. The van der Waals surface area contributed by atoms with Gasteiger partial charge in [-0.1, -0.05) is 84.6 Å². The quantitative estimate of drug-likeness (QED) is 0.234. The molecule has 5 nitrogen and oxygen atoms in total. The number of nitrogens with zero attached hydrogens (tertiary/aromatic N) is 2. The Labute approximate surface area is 202 Å². The van der Waals surface area contributed by atoms with Gasteiger partial charge in [-0.15, -0.1) is 0 Å². The maximum atomic E-state index is 13.7. The molecule has 2 aromatic heterocycles. The number of benzene rings is 3. The van der Waals surface area contributed by atoms with Crippen molar-refractivity contribution >= 4 is 22.8 Å². The first kappa shape index (κ1) is 22.0. The summed E-state index contributed by atoms with van der Waals surface area (Å²) in [5, 5.41) is 0.684. The van der Waals surface area contributed by atoms with Gasteiger partial charge in [-0.2, -0.15) is 0 Å². The number of fused-ring (bicyclic) bond motifs is 1. The van der Waals surface area contributed by atoms with Crippen LogP contribution >= 0.6 is 11.8 Å². The highest BCUT2D eigenvalue weighted by atomic mass is 32.2. The topological polar surface area (TPSA) is 59.9 Å². The third-order valence-corrected chi connectivity index (χ3v) is 7.00. The second kappa shape index (κ2) is 9.61. The van der Waals surface area contributed by atoms with Crippen LogP contribution < -0.4 is 10.3 Å². The molecule has 0 aliphatic carbocycles. The lowest BCUT2D eigenvalue weighted by Gasteiger charge is -2.15. The SMILES string of the molecule is COc1ccccc1Cn1c(SCc2ccccc2C)nc2c(-c3ccccc3)c[nH]c2c1=O. The first-order chi connectivity index (χ1) is 16.7. The molecule has 0 saturated heterocycles. The highest BCUT2D eigenvalue weighted by Gasteiger charge is 2.18. The van der Waals surface area contributed by atoms with Crippen LogP contribution in [-0.4, -0.2) is 21.6 Å². The van der Waals surface area contributed by atoms with E-state index in [4.69, 9.17) is 9.72 Å². The summed E-state index contributed by atoms with van der Waals surface area (Å²) in [5.41, 5.74) is 6.44. The summed E-state index contributed by atoms with van der Waals surface area (Å²) >= 11 is 1.58. The minimum atomic E-state index is -0.0922. The number of thioether (sulfide) groups is 1. The summed E-state index contributed by atoms with van der Waals surface area (Å²) in [5.74, 6) is 1.47. The van der Waals surface area contributed by atoms with Crippen molar-refractivity contribution in [1.82, 2.24) is 14.5 Å². The van der Waals surface area contributed by atoms with Crippen LogP contribution in [0.3, 0.4) is 0 Å². The minimum Gasteiger partial charge on any atom is -0.496 e. The van der Waals surface area contributed by atoms with Gasteiger partial charge in [0.1, 0.15) is 16.8 Å². The van der Waals surface area contributed by atoms with Crippen molar-refractivity contribution < 1.29 is 4.74 Å². The molecule has 3 aromatic carbocycles. The van der Waals surface area contributed by atoms with Crippen molar-refractivity contribution in [1.29, 1.82) is 0 Å². The molecule has 0 spiro atoms. The molecule has 0 aliphatic rings. The van der Waals surface area contributed by atoms with E-state index in [-0.39, 0.29) is 5.56 Å². The van der Waals surface area contributed by atoms with E-state index < -0.39 is 0 Å². The monoisotopic (exact) mass is 467 g/mol. The van der Waals surface area contributed by atoms with Crippen LogP contribution in [0.1, 0.15) is 16.7 Å². The fraction of sp³-hybridized carbons (Fsp3) is 0.143. The molecule has 170 valence electrons. The number of para-hydroxylation sites is 1. The van der Waals surface area contributed by atoms with Crippen molar-refractivity contribution in [2.24, 2.45) is 0 Å². The number of rotatable bonds is 7. The van der Waals surface area contributed by atoms with Crippen molar-refractivity contribution in [3.63, 3.8) is 0 Å². The Morgan fingerprint density at radius 1 is 0.941 bits per heavy atom. The maximum absolute atomic E-state index is 13.7. The van der Waals surface area contributed by atoms with Gasteiger partial charge >= 0.3 is 0 Å². The summed E-state index contributed by atoms with van der Waals surface area (Å²) in [7, 11) is 1.65. The van der Waals surface area contributed by atoms with Gasteiger partial charge in [0, 0.05) is 23.1 Å². The second-order valence-corrected chi connectivity index (χ2v) is 9.05. The molecule has 0 bridgehead atoms. The molecule has 0 fully saturated rings. The van der Waals surface area contributed by atoms with Crippen molar-refractivity contribution in [2.45, 2.75) is 24.4 Å². The highest BCUT2D eigenvalue weighted by molar-refractivity contribution is 7.98. The first-order valence-corrected chi connectivity index (χ1v) is 12.1. The van der Waals surface area contributed by atoms with Gasteiger partial charge in [-0.05, 0) is 29.7 Å². The summed E-state index contributed by atoms with van der Waals surface area (Å²) in [6.45, 7) is 2.48.